The molecule has 0 saturated heterocycles. The maximum atomic E-state index is 11.4. The van der Waals surface area contributed by atoms with Gasteiger partial charge in [-0.2, -0.15) is 0 Å². The number of hydrogen-bond donors (Lipinski definition) is 1. The van der Waals surface area contributed by atoms with Crippen LogP contribution in [0.4, 0.5) is 0 Å². The summed E-state index contributed by atoms with van der Waals surface area (Å²) in [6, 6.07) is 7.55. The van der Waals surface area contributed by atoms with Crippen molar-refractivity contribution in [2.75, 3.05) is 0 Å². The molecule has 0 saturated carbocycles. The summed E-state index contributed by atoms with van der Waals surface area (Å²) in [6.45, 7) is 3.66. The lowest BCUT2D eigenvalue weighted by molar-refractivity contribution is -0.141. The van der Waals surface area contributed by atoms with Crippen molar-refractivity contribution in [3.8, 4) is 0 Å². The lowest BCUT2D eigenvalue weighted by atomic mass is 9.73. The molecule has 1 aromatic rings. The van der Waals surface area contributed by atoms with Gasteiger partial charge in [-0.25, -0.2) is 0 Å². The first-order valence-corrected chi connectivity index (χ1v) is 4.84. The molecule has 0 aliphatic heterocycles. The van der Waals surface area contributed by atoms with Gasteiger partial charge in [0.1, 0.15) is 5.41 Å². The smallest absolute Gasteiger partial charge is 0.318 e. The van der Waals surface area contributed by atoms with Crippen LogP contribution in [0.15, 0.2) is 43.0 Å². The van der Waals surface area contributed by atoms with Crippen LogP contribution in [-0.4, -0.2) is 11.1 Å². The molecule has 76 valence electrons. The van der Waals surface area contributed by atoms with Crippen molar-refractivity contribution in [2.24, 2.45) is 0 Å². The monoisotopic (exact) mass is 200 g/mol. The molecular weight excluding hydrogens is 188 g/mol. The van der Waals surface area contributed by atoms with Gasteiger partial charge in [0.25, 0.3) is 0 Å². The quantitative estimate of drug-likeness (QED) is 0.745. The van der Waals surface area contributed by atoms with Gasteiger partial charge in [-0.1, -0.05) is 42.5 Å². The van der Waals surface area contributed by atoms with E-state index in [0.29, 0.717) is 6.42 Å². The summed E-state index contributed by atoms with van der Waals surface area (Å²) in [6.07, 6.45) is 5.85. The average molecular weight is 200 g/mol. The average Bonchev–Trinajstić information content (AvgIpc) is 2.28. The van der Waals surface area contributed by atoms with Crippen LogP contribution in [0.1, 0.15) is 17.5 Å². The van der Waals surface area contributed by atoms with Gasteiger partial charge in [-0.05, 0) is 17.5 Å². The Bertz CT molecular complexity index is 446. The first-order chi connectivity index (χ1) is 7.20. The van der Waals surface area contributed by atoms with Gasteiger partial charge in [0, 0.05) is 0 Å². The molecule has 1 atom stereocenters. The molecule has 0 spiro atoms. The van der Waals surface area contributed by atoms with E-state index in [0.717, 1.165) is 11.1 Å². The summed E-state index contributed by atoms with van der Waals surface area (Å²) >= 11 is 0. The fraction of sp³-hybridized carbons (Fsp3) is 0.154. The van der Waals surface area contributed by atoms with E-state index in [1.165, 1.54) is 6.08 Å². The summed E-state index contributed by atoms with van der Waals surface area (Å²) in [5, 5.41) is 9.33. The van der Waals surface area contributed by atoms with Crippen molar-refractivity contribution in [2.45, 2.75) is 11.8 Å². The molecule has 0 radical (unpaired) electrons. The minimum Gasteiger partial charge on any atom is -0.480 e. The Kier molecular flexibility index (Phi) is 2.19. The van der Waals surface area contributed by atoms with E-state index in [1.807, 2.05) is 36.4 Å². The van der Waals surface area contributed by atoms with Crippen LogP contribution in [0.25, 0.3) is 6.08 Å². The predicted molar refractivity (Wildman–Crippen MR) is 59.6 cm³/mol. The first-order valence-electron chi connectivity index (χ1n) is 4.84. The summed E-state index contributed by atoms with van der Waals surface area (Å²) < 4.78 is 0. The SMILES string of the molecule is C=CC1(C(=O)O)CC=Cc2ccccc21. The summed E-state index contributed by atoms with van der Waals surface area (Å²) in [5.41, 5.74) is 0.840. The van der Waals surface area contributed by atoms with Gasteiger partial charge >= 0.3 is 5.97 Å². The Morgan fingerprint density at radius 2 is 2.20 bits per heavy atom. The zero-order valence-corrected chi connectivity index (χ0v) is 8.31. The molecule has 0 amide bonds. The minimum absolute atomic E-state index is 0.475. The Morgan fingerprint density at radius 3 is 2.87 bits per heavy atom. The Morgan fingerprint density at radius 1 is 1.47 bits per heavy atom. The van der Waals surface area contributed by atoms with Crippen LogP contribution in [0, 0.1) is 0 Å². The maximum Gasteiger partial charge on any atom is 0.318 e. The molecule has 0 bridgehead atoms. The number of carbonyl (C=O) groups is 1. The number of rotatable bonds is 2. The maximum absolute atomic E-state index is 11.4. The number of benzene rings is 1. The van der Waals surface area contributed by atoms with Crippen LogP contribution in [0.3, 0.4) is 0 Å². The van der Waals surface area contributed by atoms with Crippen LogP contribution in [0.2, 0.25) is 0 Å². The minimum atomic E-state index is -0.953. The standard InChI is InChI=1S/C13H12O2/c1-2-13(12(14)15)9-5-7-10-6-3-4-8-11(10)13/h2-8H,1,9H2,(H,14,15). The van der Waals surface area contributed by atoms with E-state index in [-0.39, 0.29) is 0 Å². The highest BCUT2D eigenvalue weighted by Gasteiger charge is 2.38. The van der Waals surface area contributed by atoms with Crippen molar-refractivity contribution in [1.29, 1.82) is 0 Å². The second-order valence-corrected chi connectivity index (χ2v) is 3.67. The molecule has 1 aliphatic carbocycles. The third-order valence-electron chi connectivity index (χ3n) is 2.91. The van der Waals surface area contributed by atoms with Gasteiger partial charge in [0.15, 0.2) is 0 Å². The molecule has 2 heteroatoms. The van der Waals surface area contributed by atoms with Gasteiger partial charge in [-0.3, -0.25) is 4.79 Å². The normalized spacial score (nSPS) is 23.2. The molecule has 0 fully saturated rings. The van der Waals surface area contributed by atoms with Gasteiger partial charge in [-0.15, -0.1) is 6.58 Å². The molecule has 1 aromatic carbocycles. The van der Waals surface area contributed by atoms with Gasteiger partial charge in [0.05, 0.1) is 0 Å². The predicted octanol–water partition coefficient (Wildman–Crippen LogP) is 2.61. The summed E-state index contributed by atoms with van der Waals surface area (Å²) in [7, 11) is 0. The Labute approximate surface area is 88.6 Å². The topological polar surface area (TPSA) is 37.3 Å². The molecule has 1 unspecified atom stereocenters. The van der Waals surface area contributed by atoms with Crippen molar-refractivity contribution < 1.29 is 9.90 Å². The van der Waals surface area contributed by atoms with Crippen LogP contribution >= 0.6 is 0 Å². The van der Waals surface area contributed by atoms with Crippen molar-refractivity contribution in [3.63, 3.8) is 0 Å². The Balaban J connectivity index is 2.67. The zero-order chi connectivity index (χ0) is 10.9. The van der Waals surface area contributed by atoms with E-state index in [1.54, 1.807) is 0 Å². The van der Waals surface area contributed by atoms with E-state index in [9.17, 15) is 9.90 Å². The number of allylic oxidation sites excluding steroid dienone is 1. The molecule has 0 heterocycles. The van der Waals surface area contributed by atoms with Gasteiger partial charge < -0.3 is 5.11 Å². The summed E-state index contributed by atoms with van der Waals surface area (Å²) in [4.78, 5) is 11.4. The largest absolute Gasteiger partial charge is 0.480 e. The first kappa shape index (κ1) is 9.71. The third kappa shape index (κ3) is 1.30. The second kappa shape index (κ2) is 3.39. The van der Waals surface area contributed by atoms with Gasteiger partial charge in [0.2, 0.25) is 0 Å². The third-order valence-corrected chi connectivity index (χ3v) is 2.91. The lowest BCUT2D eigenvalue weighted by Gasteiger charge is -2.29. The molecule has 15 heavy (non-hydrogen) atoms. The molecule has 2 rings (SSSR count). The molecule has 1 N–H and O–H groups in total. The van der Waals surface area contributed by atoms with Crippen molar-refractivity contribution >= 4 is 12.0 Å². The lowest BCUT2D eigenvalue weighted by Crippen LogP contribution is -2.35. The molecular formula is C13H12O2. The van der Waals surface area contributed by atoms with Crippen LogP contribution in [-0.2, 0) is 10.2 Å². The van der Waals surface area contributed by atoms with Crippen LogP contribution in [0.5, 0.6) is 0 Å². The zero-order valence-electron chi connectivity index (χ0n) is 8.31. The molecule has 0 aromatic heterocycles. The fourth-order valence-electron chi connectivity index (χ4n) is 2.01. The van der Waals surface area contributed by atoms with E-state index in [2.05, 4.69) is 6.58 Å². The van der Waals surface area contributed by atoms with Crippen molar-refractivity contribution in [3.05, 3.63) is 54.1 Å². The number of aliphatic carboxylic acids is 1. The Hall–Kier alpha value is -1.83. The summed E-state index contributed by atoms with van der Waals surface area (Å²) in [5.74, 6) is -0.839. The number of fused-ring (bicyclic) bond motifs is 1. The van der Waals surface area contributed by atoms with Crippen molar-refractivity contribution in [1.82, 2.24) is 0 Å². The highest BCUT2D eigenvalue weighted by atomic mass is 16.4. The highest BCUT2D eigenvalue weighted by Crippen LogP contribution is 2.36. The van der Waals surface area contributed by atoms with E-state index in [4.69, 9.17) is 0 Å². The second-order valence-electron chi connectivity index (χ2n) is 3.67. The number of hydrogen-bond acceptors (Lipinski definition) is 1. The molecule has 1 aliphatic rings. The van der Waals surface area contributed by atoms with Crippen LogP contribution < -0.4 is 0 Å². The molecule has 2 nitrogen and oxygen atoms in total. The van der Waals surface area contributed by atoms with E-state index < -0.39 is 11.4 Å². The number of carboxylic acids is 1. The number of carboxylic acid groups (broad SMARTS) is 1. The van der Waals surface area contributed by atoms with E-state index >= 15 is 0 Å². The fourth-order valence-corrected chi connectivity index (χ4v) is 2.01. The highest BCUT2D eigenvalue weighted by molar-refractivity contribution is 5.87.